The molecule has 4 aromatic heterocycles. The number of imidazole rings is 2. The van der Waals surface area contributed by atoms with Gasteiger partial charge in [-0.1, -0.05) is 103 Å². The van der Waals surface area contributed by atoms with Gasteiger partial charge in [0.05, 0.1) is 33.0 Å². The van der Waals surface area contributed by atoms with E-state index >= 15 is 0 Å². The fourth-order valence-corrected chi connectivity index (χ4v) is 7.84. The molecule has 11 rings (SSSR count). The number of furan rings is 1. The van der Waals surface area contributed by atoms with E-state index in [0.717, 1.165) is 77.6 Å². The second-order valence-electron chi connectivity index (χ2n) is 13.0. The maximum absolute atomic E-state index is 14.4. The molecule has 11 aromatic rings. The summed E-state index contributed by atoms with van der Waals surface area (Å²) in [6.07, 6.45) is 0. The van der Waals surface area contributed by atoms with E-state index < -0.39 is 0 Å². The summed E-state index contributed by atoms with van der Waals surface area (Å²) in [4.78, 5) is 24.3. The van der Waals surface area contributed by atoms with Crippen LogP contribution in [-0.4, -0.2) is 23.5 Å². The van der Waals surface area contributed by atoms with Crippen LogP contribution in [0.4, 0.5) is 0 Å². The first-order valence-electron chi connectivity index (χ1n) is 17.2. The van der Waals surface area contributed by atoms with Gasteiger partial charge in [-0.3, -0.25) is 18.3 Å². The monoisotopic (exact) mass is 669 g/mol. The second-order valence-corrected chi connectivity index (χ2v) is 13.0. The van der Waals surface area contributed by atoms with E-state index in [-0.39, 0.29) is 5.56 Å². The third-order valence-corrected chi connectivity index (χ3v) is 10.1. The zero-order valence-electron chi connectivity index (χ0n) is 27.6. The normalized spacial score (nSPS) is 11.9. The third-order valence-electron chi connectivity index (χ3n) is 10.1. The van der Waals surface area contributed by atoms with Gasteiger partial charge < -0.3 is 4.42 Å². The molecule has 4 heterocycles. The fourth-order valence-electron chi connectivity index (χ4n) is 7.84. The van der Waals surface area contributed by atoms with Crippen molar-refractivity contribution in [3.05, 3.63) is 174 Å². The van der Waals surface area contributed by atoms with Crippen LogP contribution in [0.1, 0.15) is 0 Å². The van der Waals surface area contributed by atoms with Gasteiger partial charge in [0, 0.05) is 33.3 Å². The van der Waals surface area contributed by atoms with E-state index in [1.807, 2.05) is 84.9 Å². The van der Waals surface area contributed by atoms with Gasteiger partial charge in [0.2, 0.25) is 5.78 Å². The SMILES string of the molecule is O=c1nc2n(-c3ccc(-c4cccc5c4oc4ccccc45)cc3)c3ccccc3n2c2cccc(-c3nc4ccccc4n3-c3ccccc3)c12. The van der Waals surface area contributed by atoms with E-state index in [9.17, 15) is 4.79 Å². The summed E-state index contributed by atoms with van der Waals surface area (Å²) < 4.78 is 12.6. The molecular formula is C45H27N5O2. The van der Waals surface area contributed by atoms with Crippen molar-refractivity contribution >= 4 is 60.7 Å². The van der Waals surface area contributed by atoms with Crippen LogP contribution < -0.4 is 5.56 Å². The van der Waals surface area contributed by atoms with Crippen molar-refractivity contribution < 1.29 is 4.42 Å². The molecule has 0 unspecified atom stereocenters. The molecule has 0 aliphatic carbocycles. The average molecular weight is 670 g/mol. The predicted molar refractivity (Wildman–Crippen MR) is 209 cm³/mol. The lowest BCUT2D eigenvalue weighted by Gasteiger charge is -2.12. The summed E-state index contributed by atoms with van der Waals surface area (Å²) in [6.45, 7) is 0. The molecule has 7 nitrogen and oxygen atoms in total. The molecule has 244 valence electrons. The molecule has 0 saturated carbocycles. The van der Waals surface area contributed by atoms with Crippen LogP contribution in [0.2, 0.25) is 0 Å². The van der Waals surface area contributed by atoms with Gasteiger partial charge in [-0.25, -0.2) is 4.98 Å². The Kier molecular flexibility index (Phi) is 5.98. The quantitative estimate of drug-likeness (QED) is 0.187. The van der Waals surface area contributed by atoms with Crippen LogP contribution in [0.25, 0.3) is 94.6 Å². The van der Waals surface area contributed by atoms with Crippen LogP contribution in [0.15, 0.2) is 173 Å². The van der Waals surface area contributed by atoms with E-state index in [0.29, 0.717) is 17.0 Å². The minimum absolute atomic E-state index is 0.311. The lowest BCUT2D eigenvalue weighted by Crippen LogP contribution is -2.13. The van der Waals surface area contributed by atoms with E-state index in [4.69, 9.17) is 14.4 Å². The lowest BCUT2D eigenvalue weighted by atomic mass is 10.0. The molecule has 52 heavy (non-hydrogen) atoms. The van der Waals surface area contributed by atoms with Gasteiger partial charge >= 0.3 is 0 Å². The molecule has 0 spiro atoms. The number of para-hydroxylation sites is 7. The summed E-state index contributed by atoms with van der Waals surface area (Å²) in [5, 5.41) is 2.71. The Morgan fingerprint density at radius 1 is 0.481 bits per heavy atom. The molecule has 7 heteroatoms. The van der Waals surface area contributed by atoms with Gasteiger partial charge in [0.25, 0.3) is 5.56 Å². The summed E-state index contributed by atoms with van der Waals surface area (Å²) in [5.41, 5.74) is 10.5. The Balaban J connectivity index is 1.13. The standard InChI is InChI=1S/C45H27N5O2/c51-44-41-34(43-46-35-18-5-6-19-36(35)48(43)29-12-2-1-3-13-29)17-11-22-39(41)50-38-21-8-7-20-37(38)49(45(50)47-44)30-26-24-28(25-27-30)31-15-10-16-33-32-14-4-9-23-40(32)52-42(31)33/h1-27H. The van der Waals surface area contributed by atoms with Crippen molar-refractivity contribution in [2.75, 3.05) is 0 Å². The maximum Gasteiger partial charge on any atom is 0.283 e. The zero-order chi connectivity index (χ0) is 34.3. The summed E-state index contributed by atoms with van der Waals surface area (Å²) >= 11 is 0. The van der Waals surface area contributed by atoms with Crippen molar-refractivity contribution in [1.29, 1.82) is 0 Å². The highest BCUT2D eigenvalue weighted by molar-refractivity contribution is 6.09. The summed E-state index contributed by atoms with van der Waals surface area (Å²) in [5.74, 6) is 1.23. The van der Waals surface area contributed by atoms with Gasteiger partial charge in [-0.2, -0.15) is 4.98 Å². The van der Waals surface area contributed by atoms with E-state index in [1.54, 1.807) is 0 Å². The minimum atomic E-state index is -0.311. The highest BCUT2D eigenvalue weighted by Gasteiger charge is 2.22. The van der Waals surface area contributed by atoms with Crippen molar-refractivity contribution in [1.82, 2.24) is 23.5 Å². The molecule has 0 bridgehead atoms. The Bertz CT molecular complexity index is 3260. The van der Waals surface area contributed by atoms with Gasteiger partial charge in [-0.15, -0.1) is 0 Å². The summed E-state index contributed by atoms with van der Waals surface area (Å²) in [6, 6.07) is 55.1. The Hall–Kier alpha value is -7.25. The Morgan fingerprint density at radius 2 is 1.13 bits per heavy atom. The highest BCUT2D eigenvalue weighted by Crippen LogP contribution is 2.37. The van der Waals surface area contributed by atoms with Crippen LogP contribution in [0.5, 0.6) is 0 Å². The first-order chi connectivity index (χ1) is 25.7. The molecule has 0 amide bonds. The van der Waals surface area contributed by atoms with Gasteiger partial charge in [0.1, 0.15) is 17.0 Å². The van der Waals surface area contributed by atoms with Gasteiger partial charge in [-0.05, 0) is 66.2 Å². The maximum atomic E-state index is 14.4. The zero-order valence-corrected chi connectivity index (χ0v) is 27.6. The molecule has 0 radical (unpaired) electrons. The number of aromatic nitrogens is 5. The molecule has 0 N–H and O–H groups in total. The van der Waals surface area contributed by atoms with Gasteiger partial charge in [0.15, 0.2) is 0 Å². The molecule has 0 fully saturated rings. The molecule has 7 aromatic carbocycles. The summed E-state index contributed by atoms with van der Waals surface area (Å²) in [7, 11) is 0. The fraction of sp³-hybridized carbons (Fsp3) is 0. The predicted octanol–water partition coefficient (Wildman–Crippen LogP) is 10.4. The van der Waals surface area contributed by atoms with Crippen LogP contribution in [-0.2, 0) is 0 Å². The third kappa shape index (κ3) is 4.04. The minimum Gasteiger partial charge on any atom is -0.455 e. The number of fused-ring (bicyclic) bond motifs is 9. The Morgan fingerprint density at radius 3 is 2.00 bits per heavy atom. The number of benzene rings is 7. The average Bonchev–Trinajstić information content (AvgIpc) is 3.88. The number of nitrogens with zero attached hydrogens (tertiary/aromatic N) is 5. The van der Waals surface area contributed by atoms with E-state index in [2.05, 4.69) is 92.4 Å². The van der Waals surface area contributed by atoms with E-state index in [1.165, 1.54) is 0 Å². The van der Waals surface area contributed by atoms with Crippen molar-refractivity contribution in [3.63, 3.8) is 0 Å². The largest absolute Gasteiger partial charge is 0.455 e. The first kappa shape index (κ1) is 28.6. The number of rotatable bonds is 4. The molecule has 0 aliphatic heterocycles. The molecular weight excluding hydrogens is 643 g/mol. The Labute approximate surface area is 295 Å². The number of hydrogen-bond acceptors (Lipinski definition) is 4. The van der Waals surface area contributed by atoms with Crippen LogP contribution in [0.3, 0.4) is 0 Å². The first-order valence-corrected chi connectivity index (χ1v) is 17.2. The smallest absolute Gasteiger partial charge is 0.283 e. The van der Waals surface area contributed by atoms with Crippen LogP contribution in [0, 0.1) is 0 Å². The molecule has 0 aliphatic rings. The molecule has 0 atom stereocenters. The van der Waals surface area contributed by atoms with Crippen molar-refractivity contribution in [2.45, 2.75) is 0 Å². The topological polar surface area (TPSA) is 70.3 Å². The second kappa shape index (κ2) is 10.9. The van der Waals surface area contributed by atoms with Crippen molar-refractivity contribution in [3.8, 4) is 33.9 Å². The highest BCUT2D eigenvalue weighted by atomic mass is 16.3. The molecule has 0 saturated heterocycles. The van der Waals surface area contributed by atoms with Crippen molar-refractivity contribution in [2.24, 2.45) is 0 Å². The van der Waals surface area contributed by atoms with Crippen LogP contribution >= 0.6 is 0 Å². The lowest BCUT2D eigenvalue weighted by molar-refractivity contribution is 0.670. The number of hydrogen-bond donors (Lipinski definition) is 0.